The number of carbonyl (C=O) groups excluding carboxylic acids is 1. The Bertz CT molecular complexity index is 1220. The van der Waals surface area contributed by atoms with Gasteiger partial charge in [0.05, 0.1) is 26.3 Å². The first-order valence-corrected chi connectivity index (χ1v) is 11.3. The van der Waals surface area contributed by atoms with Gasteiger partial charge in [0.1, 0.15) is 11.0 Å². The number of aliphatic carboxylic acids is 1. The van der Waals surface area contributed by atoms with Crippen LogP contribution < -0.4 is 14.8 Å². The molecule has 0 saturated carbocycles. The summed E-state index contributed by atoms with van der Waals surface area (Å²) in [6, 6.07) is 12.4. The second-order valence-electron chi connectivity index (χ2n) is 7.64. The van der Waals surface area contributed by atoms with Gasteiger partial charge in [0.25, 0.3) is 0 Å². The highest BCUT2D eigenvalue weighted by Crippen LogP contribution is 2.34. The Labute approximate surface area is 195 Å². The number of rotatable bonds is 9. The Hall–Kier alpha value is -3.65. The molecule has 0 saturated heterocycles. The summed E-state index contributed by atoms with van der Waals surface area (Å²) in [5.74, 6) is -0.218. The molecule has 4 rings (SSSR count). The second kappa shape index (κ2) is 9.87. The van der Waals surface area contributed by atoms with E-state index >= 15 is 0 Å². The van der Waals surface area contributed by atoms with Crippen LogP contribution in [0.15, 0.2) is 53.9 Å². The fraction of sp³-hybridized carbons (Fsp3) is 0.240. The second-order valence-corrected chi connectivity index (χ2v) is 8.50. The quantitative estimate of drug-likeness (QED) is 0.497. The summed E-state index contributed by atoms with van der Waals surface area (Å²) in [5.41, 5.74) is 4.60. The molecule has 1 atom stereocenters. The number of hydrogen-bond acceptors (Lipinski definition) is 6. The maximum atomic E-state index is 12.6. The molecule has 0 spiro atoms. The number of nitrogens with one attached hydrogen (secondary N) is 1. The lowest BCUT2D eigenvalue weighted by atomic mass is 9.99. The molecule has 2 N–H and O–H groups in total. The summed E-state index contributed by atoms with van der Waals surface area (Å²) in [6.45, 7) is 0. The van der Waals surface area contributed by atoms with Gasteiger partial charge >= 0.3 is 5.97 Å². The topological polar surface area (TPSA) is 97.8 Å². The number of carboxylic acids is 1. The molecule has 1 aromatic heterocycles. The van der Waals surface area contributed by atoms with E-state index in [1.54, 1.807) is 25.7 Å². The fourth-order valence-corrected chi connectivity index (χ4v) is 4.68. The number of benzene rings is 2. The van der Waals surface area contributed by atoms with Gasteiger partial charge in [-0.05, 0) is 41.3 Å². The van der Waals surface area contributed by atoms with E-state index in [-0.39, 0.29) is 18.7 Å². The summed E-state index contributed by atoms with van der Waals surface area (Å²) in [5, 5.41) is 14.9. The maximum absolute atomic E-state index is 12.6. The molecule has 1 heterocycles. The number of thiazole rings is 1. The monoisotopic (exact) mass is 464 g/mol. The number of amides is 1. The molecule has 33 heavy (non-hydrogen) atoms. The minimum atomic E-state index is -1.06. The zero-order valence-corrected chi connectivity index (χ0v) is 19.1. The highest BCUT2D eigenvalue weighted by atomic mass is 32.1. The third-order valence-electron chi connectivity index (χ3n) is 5.51. The van der Waals surface area contributed by atoms with E-state index in [1.807, 2.05) is 42.5 Å². The zero-order valence-electron chi connectivity index (χ0n) is 18.3. The van der Waals surface area contributed by atoms with E-state index in [9.17, 15) is 14.7 Å². The van der Waals surface area contributed by atoms with Gasteiger partial charge in [-0.3, -0.25) is 4.79 Å². The van der Waals surface area contributed by atoms with Gasteiger partial charge in [-0.1, -0.05) is 30.3 Å². The highest BCUT2D eigenvalue weighted by Gasteiger charge is 2.25. The number of hydrogen-bond donors (Lipinski definition) is 2. The van der Waals surface area contributed by atoms with Gasteiger partial charge in [0, 0.05) is 17.4 Å². The summed E-state index contributed by atoms with van der Waals surface area (Å²) < 4.78 is 10.6. The average Bonchev–Trinajstić information content (AvgIpc) is 3.45. The largest absolute Gasteiger partial charge is 0.493 e. The number of carboxylic acid groups (broad SMARTS) is 1. The van der Waals surface area contributed by atoms with E-state index in [0.717, 1.165) is 28.1 Å². The van der Waals surface area contributed by atoms with Crippen LogP contribution >= 0.6 is 11.3 Å². The van der Waals surface area contributed by atoms with Crippen molar-refractivity contribution in [1.82, 2.24) is 10.3 Å². The van der Waals surface area contributed by atoms with E-state index < -0.39 is 12.0 Å². The number of methoxy groups -OCH3 is 2. The van der Waals surface area contributed by atoms with Crippen molar-refractivity contribution in [3.63, 3.8) is 0 Å². The van der Waals surface area contributed by atoms with Crippen molar-refractivity contribution in [2.24, 2.45) is 0 Å². The molecule has 8 heteroatoms. The summed E-state index contributed by atoms with van der Waals surface area (Å²) in [7, 11) is 3.14. The van der Waals surface area contributed by atoms with E-state index in [4.69, 9.17) is 9.47 Å². The fourth-order valence-electron chi connectivity index (χ4n) is 3.87. The van der Waals surface area contributed by atoms with Crippen LogP contribution in [-0.2, 0) is 22.4 Å². The molecule has 1 aliphatic rings. The van der Waals surface area contributed by atoms with Crippen LogP contribution in [0.3, 0.4) is 0 Å². The number of nitrogens with zero attached hydrogens (tertiary/aromatic N) is 1. The van der Waals surface area contributed by atoms with Crippen LogP contribution in [-0.4, -0.2) is 42.2 Å². The van der Waals surface area contributed by atoms with Crippen molar-refractivity contribution in [3.05, 3.63) is 70.7 Å². The van der Waals surface area contributed by atoms with Gasteiger partial charge in [-0.15, -0.1) is 11.3 Å². The Morgan fingerprint density at radius 1 is 1.15 bits per heavy atom. The number of carbonyl (C=O) groups is 2. The molecule has 1 aliphatic carbocycles. The molecule has 0 radical (unpaired) electrons. The first-order valence-electron chi connectivity index (χ1n) is 10.4. The Kier molecular flexibility index (Phi) is 6.74. The molecule has 0 fully saturated rings. The van der Waals surface area contributed by atoms with Crippen LogP contribution in [0.5, 0.6) is 11.5 Å². The summed E-state index contributed by atoms with van der Waals surface area (Å²) >= 11 is 1.41. The maximum Gasteiger partial charge on any atom is 0.326 e. The highest BCUT2D eigenvalue weighted by molar-refractivity contribution is 7.13. The molecule has 3 aromatic rings. The standard InChI is InChI=1S/C25H24N2O5S/c1-31-21-10-9-17(12-22(21)32-2)24-26-18(14-33-24)13-23(28)27-20(25(29)30)11-16-8-7-15-5-3-4-6-19(15)16/h3-6,8-10,12,14,20H,7,11,13H2,1-2H3,(H,27,28)(H,29,30)/t20-/m0/s1. The van der Waals surface area contributed by atoms with Crippen molar-refractivity contribution in [2.75, 3.05) is 14.2 Å². The zero-order chi connectivity index (χ0) is 23.4. The van der Waals surface area contributed by atoms with Crippen LogP contribution in [0, 0.1) is 0 Å². The smallest absolute Gasteiger partial charge is 0.326 e. The van der Waals surface area contributed by atoms with Gasteiger partial charge in [-0.25, -0.2) is 9.78 Å². The molecule has 1 amide bonds. The minimum Gasteiger partial charge on any atom is -0.493 e. The van der Waals surface area contributed by atoms with Crippen molar-refractivity contribution >= 4 is 28.8 Å². The summed E-state index contributed by atoms with van der Waals surface area (Å²) in [6.07, 6.45) is 3.06. The van der Waals surface area contributed by atoms with E-state index in [2.05, 4.69) is 10.3 Å². The predicted octanol–water partition coefficient (Wildman–Crippen LogP) is 3.97. The lowest BCUT2D eigenvalue weighted by Crippen LogP contribution is -2.41. The van der Waals surface area contributed by atoms with Gasteiger partial charge in [0.2, 0.25) is 5.91 Å². The van der Waals surface area contributed by atoms with Crippen molar-refractivity contribution < 1.29 is 24.2 Å². The molecular weight excluding hydrogens is 440 g/mol. The summed E-state index contributed by atoms with van der Waals surface area (Å²) in [4.78, 5) is 29.0. The van der Waals surface area contributed by atoms with E-state index in [0.29, 0.717) is 17.2 Å². The third-order valence-corrected chi connectivity index (χ3v) is 6.45. The lowest BCUT2D eigenvalue weighted by molar-refractivity contribution is -0.141. The number of fused-ring (bicyclic) bond motifs is 1. The van der Waals surface area contributed by atoms with Crippen LogP contribution in [0.2, 0.25) is 0 Å². The lowest BCUT2D eigenvalue weighted by Gasteiger charge is -2.16. The van der Waals surface area contributed by atoms with Crippen LogP contribution in [0.4, 0.5) is 0 Å². The molecule has 0 bridgehead atoms. The third kappa shape index (κ3) is 5.06. The predicted molar refractivity (Wildman–Crippen MR) is 127 cm³/mol. The normalized spacial score (nSPS) is 13.1. The number of aromatic nitrogens is 1. The molecular formula is C25H24N2O5S. The van der Waals surface area contributed by atoms with Gasteiger partial charge < -0.3 is 19.9 Å². The first kappa shape index (κ1) is 22.5. The number of ether oxygens (including phenoxy) is 2. The number of allylic oxidation sites excluding steroid dienone is 1. The molecule has 2 aromatic carbocycles. The van der Waals surface area contributed by atoms with E-state index in [1.165, 1.54) is 16.9 Å². The minimum absolute atomic E-state index is 0.00318. The van der Waals surface area contributed by atoms with Crippen LogP contribution in [0.25, 0.3) is 16.1 Å². The van der Waals surface area contributed by atoms with Gasteiger partial charge in [-0.2, -0.15) is 0 Å². The van der Waals surface area contributed by atoms with Gasteiger partial charge in [0.15, 0.2) is 11.5 Å². The Morgan fingerprint density at radius 3 is 2.70 bits per heavy atom. The van der Waals surface area contributed by atoms with Crippen molar-refractivity contribution in [1.29, 1.82) is 0 Å². The van der Waals surface area contributed by atoms with Crippen molar-refractivity contribution in [2.45, 2.75) is 25.3 Å². The SMILES string of the molecule is COc1ccc(-c2nc(CC(=O)N[C@@H](CC3=CCc4ccccc43)C(=O)O)cs2)cc1OC. The molecule has 170 valence electrons. The molecule has 0 unspecified atom stereocenters. The molecule has 7 nitrogen and oxygen atoms in total. The van der Waals surface area contributed by atoms with Crippen molar-refractivity contribution in [3.8, 4) is 22.1 Å². The first-order chi connectivity index (χ1) is 16.0. The Morgan fingerprint density at radius 2 is 1.94 bits per heavy atom. The Balaban J connectivity index is 1.41. The van der Waals surface area contributed by atoms with Crippen LogP contribution in [0.1, 0.15) is 23.2 Å². The average molecular weight is 465 g/mol. The molecule has 0 aliphatic heterocycles.